The Morgan fingerprint density at radius 3 is 2.76 bits per heavy atom. The Morgan fingerprint density at radius 2 is 2.10 bits per heavy atom. The minimum Gasteiger partial charge on any atom is -0.461 e. The summed E-state index contributed by atoms with van der Waals surface area (Å²) in [6.07, 6.45) is 7.73. The van der Waals surface area contributed by atoms with Crippen LogP contribution in [0.2, 0.25) is 0 Å². The molecule has 1 N–H and O–H groups in total. The summed E-state index contributed by atoms with van der Waals surface area (Å²) in [6.45, 7) is 2.57. The molecule has 7 nitrogen and oxygen atoms in total. The van der Waals surface area contributed by atoms with Crippen LogP contribution < -0.4 is 5.32 Å². The number of rotatable bonds is 7. The number of anilines is 1. The monoisotopic (exact) mass is 413 g/mol. The van der Waals surface area contributed by atoms with Crippen LogP contribution in [0.5, 0.6) is 0 Å². The Balaban J connectivity index is 1.44. The lowest BCUT2D eigenvalue weighted by molar-refractivity contribution is 0.0520. The molecule has 0 unspecified atom stereocenters. The third-order valence-corrected chi connectivity index (χ3v) is 5.94. The van der Waals surface area contributed by atoms with Crippen LogP contribution in [0, 0.1) is 5.82 Å². The van der Waals surface area contributed by atoms with Gasteiger partial charge in [-0.2, -0.15) is 0 Å². The summed E-state index contributed by atoms with van der Waals surface area (Å²) in [5.74, 6) is -0.258. The van der Waals surface area contributed by atoms with Gasteiger partial charge in [-0.25, -0.2) is 24.1 Å². The van der Waals surface area contributed by atoms with Crippen LogP contribution in [0.25, 0.3) is 10.6 Å². The third-order valence-electron chi connectivity index (χ3n) is 5.04. The van der Waals surface area contributed by atoms with E-state index in [0.29, 0.717) is 35.4 Å². The van der Waals surface area contributed by atoms with E-state index in [-0.39, 0.29) is 16.9 Å². The van der Waals surface area contributed by atoms with Gasteiger partial charge in [0.2, 0.25) is 5.95 Å². The van der Waals surface area contributed by atoms with E-state index in [2.05, 4.69) is 25.3 Å². The standard InChI is InChI=1S/C20H20FN5O2S/c1-2-28-18(27)15-11-29-17(26-15)13-9-23-19(24-10-13)25-12-20(6-4-7-20)16-14(21)5-3-8-22-16/h3,5,8-11H,2,4,6-7,12H2,1H3,(H,23,24,25). The number of halogens is 1. The predicted octanol–water partition coefficient (Wildman–Crippen LogP) is 3.84. The molecule has 3 aromatic rings. The van der Waals surface area contributed by atoms with Gasteiger partial charge in [-0.05, 0) is 31.9 Å². The lowest BCUT2D eigenvalue weighted by atomic mass is 9.66. The molecule has 29 heavy (non-hydrogen) atoms. The van der Waals surface area contributed by atoms with Gasteiger partial charge in [0.25, 0.3) is 0 Å². The quantitative estimate of drug-likeness (QED) is 0.589. The molecular weight excluding hydrogens is 393 g/mol. The summed E-state index contributed by atoms with van der Waals surface area (Å²) < 4.78 is 19.2. The van der Waals surface area contributed by atoms with E-state index >= 15 is 0 Å². The molecule has 0 amide bonds. The maximum atomic E-state index is 14.2. The zero-order valence-corrected chi connectivity index (χ0v) is 16.7. The minimum atomic E-state index is -0.443. The molecule has 0 spiro atoms. The zero-order chi connectivity index (χ0) is 20.3. The second-order valence-corrected chi connectivity index (χ2v) is 7.73. The molecule has 0 radical (unpaired) electrons. The van der Waals surface area contributed by atoms with Crippen LogP contribution in [0.4, 0.5) is 10.3 Å². The molecule has 4 rings (SSSR count). The largest absolute Gasteiger partial charge is 0.461 e. The van der Waals surface area contributed by atoms with Gasteiger partial charge in [-0.3, -0.25) is 4.98 Å². The Hall–Kier alpha value is -2.94. The number of carbonyl (C=O) groups is 1. The highest BCUT2D eigenvalue weighted by atomic mass is 32.1. The third kappa shape index (κ3) is 3.95. The number of nitrogens with zero attached hydrogens (tertiary/aromatic N) is 4. The van der Waals surface area contributed by atoms with Crippen LogP contribution in [0.15, 0.2) is 36.1 Å². The predicted molar refractivity (Wildman–Crippen MR) is 107 cm³/mol. The SMILES string of the molecule is CCOC(=O)c1csc(-c2cnc(NCC3(c4ncccc4F)CCC3)nc2)n1. The van der Waals surface area contributed by atoms with E-state index < -0.39 is 5.97 Å². The first-order valence-corrected chi connectivity index (χ1v) is 10.3. The highest BCUT2D eigenvalue weighted by molar-refractivity contribution is 7.13. The van der Waals surface area contributed by atoms with E-state index in [1.165, 1.54) is 17.4 Å². The summed E-state index contributed by atoms with van der Waals surface area (Å²) in [6, 6.07) is 3.05. The molecule has 0 bridgehead atoms. The number of carbonyl (C=O) groups excluding carboxylic acids is 1. The molecule has 1 aliphatic carbocycles. The number of ether oxygens (including phenoxy) is 1. The number of nitrogens with one attached hydrogen (secondary N) is 1. The molecule has 0 atom stereocenters. The molecule has 0 aliphatic heterocycles. The van der Waals surface area contributed by atoms with Crippen LogP contribution in [0.3, 0.4) is 0 Å². The van der Waals surface area contributed by atoms with E-state index in [4.69, 9.17) is 4.74 Å². The minimum absolute atomic E-state index is 0.272. The maximum Gasteiger partial charge on any atom is 0.357 e. The fourth-order valence-corrected chi connectivity index (χ4v) is 4.12. The summed E-state index contributed by atoms with van der Waals surface area (Å²) in [5, 5.41) is 5.51. The average molecular weight is 413 g/mol. The second kappa shape index (κ2) is 8.20. The Labute approximate surface area is 171 Å². The molecular formula is C20H20FN5O2S. The number of thiazole rings is 1. The molecule has 9 heteroatoms. The highest BCUT2D eigenvalue weighted by Crippen LogP contribution is 2.43. The fraction of sp³-hybridized carbons (Fsp3) is 0.350. The summed E-state index contributed by atoms with van der Waals surface area (Å²) in [5.41, 5.74) is 1.17. The molecule has 3 heterocycles. The molecule has 3 aromatic heterocycles. The Bertz CT molecular complexity index is 1000. The van der Waals surface area contributed by atoms with Gasteiger partial charge < -0.3 is 10.1 Å². The van der Waals surface area contributed by atoms with E-state index in [0.717, 1.165) is 19.3 Å². The van der Waals surface area contributed by atoms with Crippen LogP contribution in [0.1, 0.15) is 42.4 Å². The van der Waals surface area contributed by atoms with E-state index in [1.54, 1.807) is 37.0 Å². The van der Waals surface area contributed by atoms with Crippen molar-refractivity contribution in [2.45, 2.75) is 31.6 Å². The first kappa shape index (κ1) is 19.4. The first-order chi connectivity index (χ1) is 14.1. The van der Waals surface area contributed by atoms with Gasteiger partial charge in [0.15, 0.2) is 5.69 Å². The van der Waals surface area contributed by atoms with Crippen molar-refractivity contribution in [2.75, 3.05) is 18.5 Å². The molecule has 1 aliphatic rings. The van der Waals surface area contributed by atoms with Crippen molar-refractivity contribution in [1.82, 2.24) is 19.9 Å². The smallest absolute Gasteiger partial charge is 0.357 e. The Kier molecular flexibility index (Phi) is 5.48. The number of hydrogen-bond donors (Lipinski definition) is 1. The fourth-order valence-electron chi connectivity index (χ4n) is 3.36. The van der Waals surface area contributed by atoms with Crippen molar-refractivity contribution >= 4 is 23.3 Å². The van der Waals surface area contributed by atoms with Gasteiger partial charge in [-0.15, -0.1) is 11.3 Å². The molecule has 1 fully saturated rings. The lowest BCUT2D eigenvalue weighted by Gasteiger charge is -2.41. The maximum absolute atomic E-state index is 14.2. The van der Waals surface area contributed by atoms with Crippen molar-refractivity contribution < 1.29 is 13.9 Å². The average Bonchev–Trinajstić information content (AvgIpc) is 3.19. The number of esters is 1. The lowest BCUT2D eigenvalue weighted by Crippen LogP contribution is -2.42. The normalized spacial score (nSPS) is 14.8. The molecule has 0 aromatic carbocycles. The van der Waals surface area contributed by atoms with E-state index in [1.807, 2.05) is 0 Å². The van der Waals surface area contributed by atoms with Gasteiger partial charge in [0, 0.05) is 41.5 Å². The summed E-state index contributed by atoms with van der Waals surface area (Å²) >= 11 is 1.33. The van der Waals surface area contributed by atoms with Crippen molar-refractivity contribution in [2.24, 2.45) is 0 Å². The van der Waals surface area contributed by atoms with Crippen molar-refractivity contribution in [3.8, 4) is 10.6 Å². The highest BCUT2D eigenvalue weighted by Gasteiger charge is 2.41. The van der Waals surface area contributed by atoms with Gasteiger partial charge >= 0.3 is 5.97 Å². The number of aromatic nitrogens is 4. The first-order valence-electron chi connectivity index (χ1n) is 9.41. The zero-order valence-electron chi connectivity index (χ0n) is 15.9. The Morgan fingerprint density at radius 1 is 1.31 bits per heavy atom. The van der Waals surface area contributed by atoms with Crippen LogP contribution in [-0.4, -0.2) is 39.1 Å². The van der Waals surface area contributed by atoms with Gasteiger partial charge in [-0.1, -0.05) is 6.42 Å². The summed E-state index contributed by atoms with van der Waals surface area (Å²) in [4.78, 5) is 29.0. The van der Waals surface area contributed by atoms with Gasteiger partial charge in [0.1, 0.15) is 10.8 Å². The van der Waals surface area contributed by atoms with Crippen molar-refractivity contribution in [1.29, 1.82) is 0 Å². The van der Waals surface area contributed by atoms with Crippen LogP contribution >= 0.6 is 11.3 Å². The molecule has 1 saturated carbocycles. The molecule has 0 saturated heterocycles. The number of pyridine rings is 1. The molecule has 150 valence electrons. The second-order valence-electron chi connectivity index (χ2n) is 6.87. The van der Waals surface area contributed by atoms with E-state index in [9.17, 15) is 9.18 Å². The van der Waals surface area contributed by atoms with Crippen molar-refractivity contribution in [3.05, 3.63) is 53.3 Å². The van der Waals surface area contributed by atoms with Crippen LogP contribution in [-0.2, 0) is 10.2 Å². The van der Waals surface area contributed by atoms with Gasteiger partial charge in [0.05, 0.1) is 12.3 Å². The number of hydrogen-bond acceptors (Lipinski definition) is 8. The summed E-state index contributed by atoms with van der Waals surface area (Å²) in [7, 11) is 0. The topological polar surface area (TPSA) is 89.9 Å². The van der Waals surface area contributed by atoms with Crippen molar-refractivity contribution in [3.63, 3.8) is 0 Å².